The fraction of sp³-hybridized carbons (Fsp3) is 0.875. The summed E-state index contributed by atoms with van der Waals surface area (Å²) in [5.74, 6) is 0.649. The molecule has 0 amide bonds. The maximum absolute atomic E-state index is 5.96. The Morgan fingerprint density at radius 1 is 1.40 bits per heavy atom. The lowest BCUT2D eigenvalue weighted by molar-refractivity contribution is 0.103. The molecule has 0 bridgehead atoms. The van der Waals surface area contributed by atoms with E-state index >= 15 is 0 Å². The average molecular weight is 233 g/mol. The van der Waals surface area contributed by atoms with Gasteiger partial charge in [0.05, 0.1) is 31.8 Å². The van der Waals surface area contributed by atoms with Gasteiger partial charge >= 0.3 is 0 Å². The van der Waals surface area contributed by atoms with Crippen LogP contribution in [0.5, 0.6) is 0 Å². The molecule has 1 atom stereocenters. The first-order valence-corrected chi connectivity index (χ1v) is 5.30. The molecule has 0 saturated carbocycles. The summed E-state index contributed by atoms with van der Waals surface area (Å²) in [6, 6.07) is 0.0127. The Hall–Kier alpha value is -0.720. The molecule has 1 unspecified atom stereocenters. The van der Waals surface area contributed by atoms with Gasteiger partial charge in [0.25, 0.3) is 0 Å². The normalized spacial score (nSPS) is 21.2. The van der Waals surface area contributed by atoms with Crippen LogP contribution in [0.2, 0.25) is 0 Å². The Balaban J connectivity index is 2.15. The number of nitrogens with zero attached hydrogens (tertiary/aromatic N) is 4. The van der Waals surface area contributed by atoms with Crippen LogP contribution in [0.4, 0.5) is 0 Å². The minimum Gasteiger partial charge on any atom is -0.377 e. The number of alkyl halides is 1. The summed E-state index contributed by atoms with van der Waals surface area (Å²) in [5.41, 5.74) is 0. The predicted octanol–water partition coefficient (Wildman–Crippen LogP) is 0.561. The van der Waals surface area contributed by atoms with Gasteiger partial charge in [0.2, 0.25) is 0 Å². The van der Waals surface area contributed by atoms with Gasteiger partial charge in [-0.25, -0.2) is 4.68 Å². The summed E-state index contributed by atoms with van der Waals surface area (Å²) in [6.45, 7) is 4.18. The van der Waals surface area contributed by atoms with Gasteiger partial charge < -0.3 is 9.47 Å². The third-order valence-electron chi connectivity index (χ3n) is 2.21. The topological polar surface area (TPSA) is 62.1 Å². The molecule has 1 aliphatic rings. The van der Waals surface area contributed by atoms with Crippen molar-refractivity contribution in [2.24, 2.45) is 0 Å². The summed E-state index contributed by atoms with van der Waals surface area (Å²) in [4.78, 5) is 0. The van der Waals surface area contributed by atoms with Gasteiger partial charge in [0, 0.05) is 0 Å². The third-order valence-corrected chi connectivity index (χ3v) is 2.41. The molecule has 0 spiro atoms. The van der Waals surface area contributed by atoms with E-state index in [1.165, 1.54) is 0 Å². The van der Waals surface area contributed by atoms with Crippen molar-refractivity contribution in [3.8, 4) is 0 Å². The Kier molecular flexibility index (Phi) is 3.50. The highest BCUT2D eigenvalue weighted by molar-refractivity contribution is 6.20. The maximum atomic E-state index is 5.96. The SMILES string of the molecule is CC(Cl)c1nnnn1C1COCCOC1. The Bertz CT molecular complexity index is 309. The van der Waals surface area contributed by atoms with E-state index in [0.717, 1.165) is 0 Å². The molecular formula is C8H13ClN4O2. The van der Waals surface area contributed by atoms with E-state index in [1.807, 2.05) is 6.92 Å². The predicted molar refractivity (Wildman–Crippen MR) is 52.8 cm³/mol. The summed E-state index contributed by atoms with van der Waals surface area (Å²) >= 11 is 5.96. The number of rotatable bonds is 2. The van der Waals surface area contributed by atoms with Gasteiger partial charge in [-0.2, -0.15) is 0 Å². The van der Waals surface area contributed by atoms with Crippen LogP contribution >= 0.6 is 11.6 Å². The fourth-order valence-electron chi connectivity index (χ4n) is 1.47. The highest BCUT2D eigenvalue weighted by Crippen LogP contribution is 2.19. The molecule has 2 rings (SSSR count). The van der Waals surface area contributed by atoms with E-state index in [2.05, 4.69) is 15.5 Å². The lowest BCUT2D eigenvalue weighted by atomic mass is 10.3. The van der Waals surface area contributed by atoms with Crippen molar-refractivity contribution < 1.29 is 9.47 Å². The molecule has 0 aliphatic carbocycles. The quantitative estimate of drug-likeness (QED) is 0.698. The van der Waals surface area contributed by atoms with Crippen molar-refractivity contribution in [3.63, 3.8) is 0 Å². The fourth-order valence-corrected chi connectivity index (χ4v) is 1.61. The first kappa shape index (κ1) is 10.8. The van der Waals surface area contributed by atoms with Crippen LogP contribution in [0.15, 0.2) is 0 Å². The number of halogens is 1. The molecule has 15 heavy (non-hydrogen) atoms. The monoisotopic (exact) mass is 232 g/mol. The molecule has 2 heterocycles. The molecule has 6 nitrogen and oxygen atoms in total. The molecule has 1 aromatic rings. The molecule has 7 heteroatoms. The van der Waals surface area contributed by atoms with Gasteiger partial charge in [-0.3, -0.25) is 0 Å². The molecular weight excluding hydrogens is 220 g/mol. The Labute approximate surface area is 92.5 Å². The lowest BCUT2D eigenvalue weighted by Crippen LogP contribution is -2.22. The molecule has 84 valence electrons. The molecule has 0 aromatic carbocycles. The molecule has 1 saturated heterocycles. The van der Waals surface area contributed by atoms with E-state index < -0.39 is 0 Å². The smallest absolute Gasteiger partial charge is 0.169 e. The van der Waals surface area contributed by atoms with Gasteiger partial charge in [-0.1, -0.05) is 0 Å². The van der Waals surface area contributed by atoms with E-state index in [9.17, 15) is 0 Å². The summed E-state index contributed by atoms with van der Waals surface area (Å²) in [7, 11) is 0. The largest absolute Gasteiger partial charge is 0.377 e. The zero-order valence-corrected chi connectivity index (χ0v) is 9.22. The Morgan fingerprint density at radius 3 is 2.67 bits per heavy atom. The first-order chi connectivity index (χ1) is 7.29. The second kappa shape index (κ2) is 4.87. The van der Waals surface area contributed by atoms with Crippen molar-refractivity contribution >= 4 is 11.6 Å². The average Bonchev–Trinajstić information content (AvgIpc) is 2.55. The van der Waals surface area contributed by atoms with Crippen molar-refractivity contribution in [1.29, 1.82) is 0 Å². The molecule has 1 aliphatic heterocycles. The van der Waals surface area contributed by atoms with Gasteiger partial charge in [-0.15, -0.1) is 16.7 Å². The van der Waals surface area contributed by atoms with Gasteiger partial charge in [0.15, 0.2) is 5.82 Å². The van der Waals surface area contributed by atoms with Crippen LogP contribution in [0, 0.1) is 0 Å². The second-order valence-corrected chi connectivity index (χ2v) is 4.06. The number of hydrogen-bond donors (Lipinski definition) is 0. The van der Waals surface area contributed by atoms with Crippen LogP contribution in [0.1, 0.15) is 24.2 Å². The van der Waals surface area contributed by atoms with Crippen LogP contribution in [0.25, 0.3) is 0 Å². The van der Waals surface area contributed by atoms with E-state index in [-0.39, 0.29) is 11.4 Å². The van der Waals surface area contributed by atoms with Crippen LogP contribution in [-0.4, -0.2) is 46.6 Å². The van der Waals surface area contributed by atoms with Gasteiger partial charge in [0.1, 0.15) is 6.04 Å². The van der Waals surface area contributed by atoms with E-state index in [4.69, 9.17) is 21.1 Å². The zero-order chi connectivity index (χ0) is 10.7. The number of hydrogen-bond acceptors (Lipinski definition) is 5. The number of tetrazole rings is 1. The zero-order valence-electron chi connectivity index (χ0n) is 8.47. The standard InChI is InChI=1S/C8H13ClN4O2/c1-6(9)8-10-11-12-13(8)7-4-14-2-3-15-5-7/h6-7H,2-5H2,1H3. The summed E-state index contributed by atoms with van der Waals surface area (Å²) in [6.07, 6.45) is 0. The van der Waals surface area contributed by atoms with Crippen molar-refractivity contribution in [2.75, 3.05) is 26.4 Å². The number of ether oxygens (including phenoxy) is 2. The van der Waals surface area contributed by atoms with Crippen LogP contribution < -0.4 is 0 Å². The third kappa shape index (κ3) is 2.45. The number of aromatic nitrogens is 4. The highest BCUT2D eigenvalue weighted by atomic mass is 35.5. The molecule has 1 aromatic heterocycles. The van der Waals surface area contributed by atoms with E-state index in [0.29, 0.717) is 32.3 Å². The summed E-state index contributed by atoms with van der Waals surface area (Å²) in [5, 5.41) is 11.2. The second-order valence-electron chi connectivity index (χ2n) is 3.40. The first-order valence-electron chi connectivity index (χ1n) is 4.86. The maximum Gasteiger partial charge on any atom is 0.169 e. The van der Waals surface area contributed by atoms with Crippen molar-refractivity contribution in [1.82, 2.24) is 20.2 Å². The highest BCUT2D eigenvalue weighted by Gasteiger charge is 2.22. The minimum absolute atomic E-state index is 0.0127. The lowest BCUT2D eigenvalue weighted by Gasteiger charge is -2.15. The van der Waals surface area contributed by atoms with Crippen LogP contribution in [-0.2, 0) is 9.47 Å². The molecule has 0 radical (unpaired) electrons. The molecule has 1 fully saturated rings. The molecule has 0 N–H and O–H groups in total. The van der Waals surface area contributed by atoms with Crippen molar-refractivity contribution in [3.05, 3.63) is 5.82 Å². The van der Waals surface area contributed by atoms with E-state index in [1.54, 1.807) is 4.68 Å². The van der Waals surface area contributed by atoms with Gasteiger partial charge in [-0.05, 0) is 17.4 Å². The van der Waals surface area contributed by atoms with Crippen LogP contribution in [0.3, 0.4) is 0 Å². The summed E-state index contributed by atoms with van der Waals surface area (Å²) < 4.78 is 12.4. The minimum atomic E-state index is -0.219. The van der Waals surface area contributed by atoms with Crippen molar-refractivity contribution in [2.45, 2.75) is 18.3 Å². The Morgan fingerprint density at radius 2 is 2.07 bits per heavy atom.